The number of carbonyl (C=O) groups excluding carboxylic acids is 3. The van der Waals surface area contributed by atoms with E-state index in [9.17, 15) is 29.0 Å². The second-order valence-electron chi connectivity index (χ2n) is 9.53. The molecule has 0 unspecified atom stereocenters. The molecule has 2 heterocycles. The average Bonchev–Trinajstić information content (AvgIpc) is 3.41. The third-order valence-electron chi connectivity index (χ3n) is 6.44. The molecule has 2 amide bonds. The summed E-state index contributed by atoms with van der Waals surface area (Å²) in [6, 6.07) is 12.9. The zero-order chi connectivity index (χ0) is 27.6. The Bertz CT molecular complexity index is 1490. The summed E-state index contributed by atoms with van der Waals surface area (Å²) in [6.07, 6.45) is -0.176. The SMILES string of the molecule is Cc1c(O)[nH]c(O)c1C(=O)[C@@H](NC(=O)C[C@H](NC(=O)c1cc2cc(F)ccc2[nH]1)c1ccccc1)C(C)C. The van der Waals surface area contributed by atoms with E-state index in [0.717, 1.165) is 0 Å². The Morgan fingerprint density at radius 2 is 1.66 bits per heavy atom. The van der Waals surface area contributed by atoms with Gasteiger partial charge in [-0.2, -0.15) is 0 Å². The summed E-state index contributed by atoms with van der Waals surface area (Å²) in [4.78, 5) is 44.7. The maximum absolute atomic E-state index is 13.6. The zero-order valence-electron chi connectivity index (χ0n) is 21.1. The standard InChI is InChI=1S/C28H29FN4O5/c1-14(2)24(25(35)23-15(3)26(36)33-28(23)38)32-22(34)13-20(16-7-5-4-6-8-16)31-27(37)21-12-17-11-18(29)9-10-19(17)30-21/h4-12,14,20,24,30,33,36,38H,13H2,1-3H3,(H,31,37)(H,32,34)/t20-,24-/m0/s1. The summed E-state index contributed by atoms with van der Waals surface area (Å²) >= 11 is 0. The van der Waals surface area contributed by atoms with Gasteiger partial charge in [0, 0.05) is 16.5 Å². The number of hydrogen-bond donors (Lipinski definition) is 6. The van der Waals surface area contributed by atoms with E-state index in [0.29, 0.717) is 16.5 Å². The predicted octanol–water partition coefficient (Wildman–Crippen LogP) is 4.24. The maximum atomic E-state index is 13.6. The van der Waals surface area contributed by atoms with Crippen molar-refractivity contribution in [1.29, 1.82) is 0 Å². The molecule has 0 spiro atoms. The molecule has 10 heteroatoms. The van der Waals surface area contributed by atoms with E-state index in [4.69, 9.17) is 0 Å². The summed E-state index contributed by atoms with van der Waals surface area (Å²) in [6.45, 7) is 4.98. The van der Waals surface area contributed by atoms with Crippen LogP contribution in [0.3, 0.4) is 0 Å². The van der Waals surface area contributed by atoms with Gasteiger partial charge in [0.2, 0.25) is 11.8 Å². The van der Waals surface area contributed by atoms with Gasteiger partial charge in [0.15, 0.2) is 11.7 Å². The van der Waals surface area contributed by atoms with Crippen molar-refractivity contribution in [3.8, 4) is 11.8 Å². The second kappa shape index (κ2) is 10.8. The van der Waals surface area contributed by atoms with Crippen LogP contribution in [0.25, 0.3) is 10.9 Å². The van der Waals surface area contributed by atoms with Crippen LogP contribution in [0.1, 0.15) is 58.3 Å². The molecule has 0 fully saturated rings. The quantitative estimate of drug-likeness (QED) is 0.183. The highest BCUT2D eigenvalue weighted by atomic mass is 19.1. The molecule has 0 radical (unpaired) electrons. The largest absolute Gasteiger partial charge is 0.494 e. The average molecular weight is 521 g/mol. The first-order valence-corrected chi connectivity index (χ1v) is 12.1. The summed E-state index contributed by atoms with van der Waals surface area (Å²) in [7, 11) is 0. The number of ketones is 1. The van der Waals surface area contributed by atoms with Crippen LogP contribution in [0.2, 0.25) is 0 Å². The third-order valence-corrected chi connectivity index (χ3v) is 6.44. The summed E-state index contributed by atoms with van der Waals surface area (Å²) in [5, 5.41) is 26.0. The molecule has 4 rings (SSSR count). The maximum Gasteiger partial charge on any atom is 0.268 e. The number of halogens is 1. The Hall–Kier alpha value is -4.60. The fourth-order valence-electron chi connectivity index (χ4n) is 4.37. The van der Waals surface area contributed by atoms with E-state index in [1.54, 1.807) is 38.1 Å². The molecule has 0 saturated heterocycles. The molecule has 2 aromatic heterocycles. The van der Waals surface area contributed by atoms with Crippen LogP contribution in [0.5, 0.6) is 11.8 Å². The lowest BCUT2D eigenvalue weighted by atomic mass is 9.93. The molecule has 2 aromatic carbocycles. The van der Waals surface area contributed by atoms with Crippen molar-refractivity contribution in [3.63, 3.8) is 0 Å². The summed E-state index contributed by atoms with van der Waals surface area (Å²) in [5.41, 5.74) is 1.57. The Morgan fingerprint density at radius 1 is 0.947 bits per heavy atom. The van der Waals surface area contributed by atoms with Gasteiger partial charge in [0.25, 0.3) is 5.91 Å². The highest BCUT2D eigenvalue weighted by molar-refractivity contribution is 6.05. The Balaban J connectivity index is 1.54. The number of nitrogens with one attached hydrogen (secondary N) is 4. The lowest BCUT2D eigenvalue weighted by Crippen LogP contribution is -2.45. The Labute approximate surface area is 218 Å². The van der Waals surface area contributed by atoms with Crippen molar-refractivity contribution in [3.05, 3.63) is 82.8 Å². The minimum Gasteiger partial charge on any atom is -0.494 e. The molecule has 6 N–H and O–H groups in total. The number of rotatable bonds is 9. The predicted molar refractivity (Wildman–Crippen MR) is 139 cm³/mol. The number of amides is 2. The molecule has 198 valence electrons. The normalized spacial score (nSPS) is 12.9. The number of carbonyl (C=O) groups is 3. The molecule has 0 aliphatic carbocycles. The van der Waals surface area contributed by atoms with Crippen molar-refractivity contribution in [2.75, 3.05) is 0 Å². The van der Waals surface area contributed by atoms with Crippen LogP contribution in [-0.2, 0) is 4.79 Å². The molecule has 0 bridgehead atoms. The van der Waals surface area contributed by atoms with Gasteiger partial charge in [-0.25, -0.2) is 4.39 Å². The van der Waals surface area contributed by atoms with E-state index in [1.165, 1.54) is 31.2 Å². The first-order chi connectivity index (χ1) is 18.0. The van der Waals surface area contributed by atoms with Crippen LogP contribution in [0, 0.1) is 18.7 Å². The van der Waals surface area contributed by atoms with Gasteiger partial charge >= 0.3 is 0 Å². The minimum absolute atomic E-state index is 0.0929. The Kier molecular flexibility index (Phi) is 7.52. The smallest absolute Gasteiger partial charge is 0.268 e. The number of Topliss-reactive ketones (excluding diaryl/α,β-unsaturated/α-hetero) is 1. The third kappa shape index (κ3) is 5.54. The van der Waals surface area contributed by atoms with Gasteiger partial charge in [-0.05, 0) is 42.7 Å². The molecule has 2 atom stereocenters. The second-order valence-corrected chi connectivity index (χ2v) is 9.53. The van der Waals surface area contributed by atoms with Crippen LogP contribution < -0.4 is 10.6 Å². The van der Waals surface area contributed by atoms with Crippen molar-refractivity contribution >= 4 is 28.5 Å². The number of aromatic nitrogens is 2. The van der Waals surface area contributed by atoms with Crippen molar-refractivity contribution < 1.29 is 29.0 Å². The highest BCUT2D eigenvalue weighted by Gasteiger charge is 2.31. The molecular weight excluding hydrogens is 491 g/mol. The molecule has 4 aromatic rings. The first kappa shape index (κ1) is 26.5. The lowest BCUT2D eigenvalue weighted by Gasteiger charge is -2.24. The van der Waals surface area contributed by atoms with Gasteiger partial charge < -0.3 is 25.8 Å². The van der Waals surface area contributed by atoms with Crippen molar-refractivity contribution in [2.24, 2.45) is 5.92 Å². The number of benzene rings is 2. The first-order valence-electron chi connectivity index (χ1n) is 12.1. The number of fused-ring (bicyclic) bond motifs is 1. The van der Waals surface area contributed by atoms with Crippen LogP contribution in [0.4, 0.5) is 4.39 Å². The Morgan fingerprint density at radius 3 is 2.29 bits per heavy atom. The number of aromatic hydroxyl groups is 2. The zero-order valence-corrected chi connectivity index (χ0v) is 21.1. The van der Waals surface area contributed by atoms with E-state index in [-0.39, 0.29) is 35.0 Å². The lowest BCUT2D eigenvalue weighted by molar-refractivity contribution is -0.122. The van der Waals surface area contributed by atoms with E-state index >= 15 is 0 Å². The summed E-state index contributed by atoms with van der Waals surface area (Å²) in [5.74, 6) is -3.09. The van der Waals surface area contributed by atoms with Crippen LogP contribution >= 0.6 is 0 Å². The molecule has 0 saturated carbocycles. The van der Waals surface area contributed by atoms with Crippen molar-refractivity contribution in [1.82, 2.24) is 20.6 Å². The molecule has 0 aliphatic rings. The molecule has 38 heavy (non-hydrogen) atoms. The van der Waals surface area contributed by atoms with Gasteiger partial charge in [0.1, 0.15) is 11.5 Å². The minimum atomic E-state index is -0.988. The van der Waals surface area contributed by atoms with Gasteiger partial charge in [-0.1, -0.05) is 44.2 Å². The van der Waals surface area contributed by atoms with E-state index < -0.39 is 41.4 Å². The monoisotopic (exact) mass is 520 g/mol. The van der Waals surface area contributed by atoms with Gasteiger partial charge in [-0.15, -0.1) is 0 Å². The fraction of sp³-hybridized carbons (Fsp3) is 0.250. The van der Waals surface area contributed by atoms with Crippen LogP contribution in [0.15, 0.2) is 54.6 Å². The fourth-order valence-corrected chi connectivity index (χ4v) is 4.37. The summed E-state index contributed by atoms with van der Waals surface area (Å²) < 4.78 is 13.6. The molecular formula is C28H29FN4O5. The number of aromatic amines is 2. The van der Waals surface area contributed by atoms with Crippen LogP contribution in [-0.4, -0.2) is 43.8 Å². The molecule has 9 nitrogen and oxygen atoms in total. The van der Waals surface area contributed by atoms with E-state index in [1.807, 2.05) is 6.07 Å². The topological polar surface area (TPSA) is 147 Å². The number of hydrogen-bond acceptors (Lipinski definition) is 5. The van der Waals surface area contributed by atoms with Crippen molar-refractivity contribution in [2.45, 2.75) is 39.3 Å². The molecule has 0 aliphatic heterocycles. The van der Waals surface area contributed by atoms with Gasteiger partial charge in [0.05, 0.1) is 24.1 Å². The highest BCUT2D eigenvalue weighted by Crippen LogP contribution is 2.30. The number of H-pyrrole nitrogens is 2. The van der Waals surface area contributed by atoms with E-state index in [2.05, 4.69) is 20.6 Å². The van der Waals surface area contributed by atoms with Gasteiger partial charge in [-0.3, -0.25) is 19.4 Å².